The van der Waals surface area contributed by atoms with Crippen LogP contribution in [0, 0.1) is 5.82 Å². The lowest BCUT2D eigenvalue weighted by atomic mass is 10.1. The predicted molar refractivity (Wildman–Crippen MR) is 90.9 cm³/mol. The van der Waals surface area contributed by atoms with Crippen LogP contribution in [0.3, 0.4) is 0 Å². The Morgan fingerprint density at radius 3 is 2.36 bits per heavy atom. The molecule has 0 bridgehead atoms. The monoisotopic (exact) mass is 385 g/mol. The number of ketones is 1. The number of sulfonamides is 1. The van der Waals surface area contributed by atoms with E-state index in [0.717, 1.165) is 18.4 Å². The molecule has 0 amide bonds. The highest BCUT2D eigenvalue weighted by molar-refractivity contribution is 7.92. The van der Waals surface area contributed by atoms with E-state index in [2.05, 4.69) is 4.72 Å². The number of esters is 1. The van der Waals surface area contributed by atoms with Gasteiger partial charge >= 0.3 is 5.97 Å². The molecular weight excluding hydrogens is 373 g/mol. The van der Waals surface area contributed by atoms with Gasteiger partial charge in [0.1, 0.15) is 5.82 Å². The summed E-state index contributed by atoms with van der Waals surface area (Å²) in [6.45, 7) is -0.584. The van der Waals surface area contributed by atoms with Crippen LogP contribution in [0.2, 0.25) is 5.02 Å². The minimum Gasteiger partial charge on any atom is -0.454 e. The normalized spacial score (nSPS) is 11.0. The number of carbonyl (C=O) groups is 2. The Hall–Kier alpha value is -2.45. The average molecular weight is 386 g/mol. The molecule has 0 saturated heterocycles. The van der Waals surface area contributed by atoms with Crippen molar-refractivity contribution in [3.8, 4) is 0 Å². The summed E-state index contributed by atoms with van der Waals surface area (Å²) in [7, 11) is -3.42. The van der Waals surface area contributed by atoms with Gasteiger partial charge in [0.2, 0.25) is 10.0 Å². The first-order chi connectivity index (χ1) is 11.7. The molecule has 1 N–H and O–H groups in total. The molecule has 2 rings (SSSR count). The maximum Gasteiger partial charge on any atom is 0.341 e. The van der Waals surface area contributed by atoms with Crippen LogP contribution in [-0.4, -0.2) is 33.0 Å². The first-order valence-corrected chi connectivity index (χ1v) is 9.16. The van der Waals surface area contributed by atoms with E-state index in [9.17, 15) is 22.4 Å². The van der Waals surface area contributed by atoms with Gasteiger partial charge < -0.3 is 4.74 Å². The molecule has 25 heavy (non-hydrogen) atoms. The third-order valence-electron chi connectivity index (χ3n) is 3.00. The van der Waals surface area contributed by atoms with Crippen molar-refractivity contribution < 1.29 is 27.1 Å². The van der Waals surface area contributed by atoms with Crippen LogP contribution in [-0.2, 0) is 14.8 Å². The predicted octanol–water partition coefficient (Wildman–Crippen LogP) is 2.89. The first-order valence-electron chi connectivity index (χ1n) is 6.89. The molecule has 0 saturated carbocycles. The zero-order chi connectivity index (χ0) is 18.6. The van der Waals surface area contributed by atoms with Gasteiger partial charge in [-0.2, -0.15) is 0 Å². The minimum atomic E-state index is -3.42. The molecule has 0 aliphatic heterocycles. The van der Waals surface area contributed by atoms with Crippen molar-refractivity contribution in [3.05, 3.63) is 64.4 Å². The molecule has 0 unspecified atom stereocenters. The quantitative estimate of drug-likeness (QED) is 0.610. The number of Topliss-reactive ketones (excluding diaryl/α,β-unsaturated/α-hetero) is 1. The molecule has 0 aliphatic carbocycles. The summed E-state index contributed by atoms with van der Waals surface area (Å²) in [5.74, 6) is -2.35. The summed E-state index contributed by atoms with van der Waals surface area (Å²) < 4.78 is 42.9. The highest BCUT2D eigenvalue weighted by atomic mass is 35.5. The highest BCUT2D eigenvalue weighted by Gasteiger charge is 2.16. The number of nitrogens with one attached hydrogen (secondary N) is 1. The summed E-state index contributed by atoms with van der Waals surface area (Å²) in [5, 5.41) is 0.132. The Morgan fingerprint density at radius 2 is 1.80 bits per heavy atom. The van der Waals surface area contributed by atoms with Crippen LogP contribution in [0.5, 0.6) is 0 Å². The van der Waals surface area contributed by atoms with Crippen LogP contribution in [0.25, 0.3) is 0 Å². The van der Waals surface area contributed by atoms with E-state index in [0.29, 0.717) is 5.69 Å². The topological polar surface area (TPSA) is 89.5 Å². The zero-order valence-electron chi connectivity index (χ0n) is 13.0. The Labute approximate surface area is 148 Å². The molecule has 6 nitrogen and oxygen atoms in total. The summed E-state index contributed by atoms with van der Waals surface area (Å²) in [6, 6.07) is 9.02. The minimum absolute atomic E-state index is 0.132. The number of hydrogen-bond acceptors (Lipinski definition) is 5. The lowest BCUT2D eigenvalue weighted by Crippen LogP contribution is -2.15. The average Bonchev–Trinajstić information content (AvgIpc) is 2.51. The number of halogens is 2. The smallest absolute Gasteiger partial charge is 0.341 e. The summed E-state index contributed by atoms with van der Waals surface area (Å²) in [6.07, 6.45) is 1.00. The first kappa shape index (κ1) is 18.9. The lowest BCUT2D eigenvalue weighted by Gasteiger charge is -2.07. The van der Waals surface area contributed by atoms with Gasteiger partial charge in [0.25, 0.3) is 0 Å². The fraction of sp³-hybridized carbons (Fsp3) is 0.125. The van der Waals surface area contributed by atoms with Crippen molar-refractivity contribution in [1.82, 2.24) is 0 Å². The Morgan fingerprint density at radius 1 is 1.16 bits per heavy atom. The van der Waals surface area contributed by atoms with Crippen molar-refractivity contribution in [2.75, 3.05) is 17.6 Å². The van der Waals surface area contributed by atoms with Crippen molar-refractivity contribution in [2.45, 2.75) is 0 Å². The van der Waals surface area contributed by atoms with Gasteiger partial charge in [-0.1, -0.05) is 11.6 Å². The fourth-order valence-electron chi connectivity index (χ4n) is 1.89. The molecule has 2 aromatic rings. The van der Waals surface area contributed by atoms with Crippen LogP contribution in [0.15, 0.2) is 42.5 Å². The Balaban J connectivity index is 1.99. The number of hydrogen-bond donors (Lipinski definition) is 1. The van der Waals surface area contributed by atoms with Gasteiger partial charge in [0.15, 0.2) is 12.4 Å². The van der Waals surface area contributed by atoms with Gasteiger partial charge in [-0.3, -0.25) is 9.52 Å². The van der Waals surface area contributed by atoms with Crippen molar-refractivity contribution in [3.63, 3.8) is 0 Å². The van der Waals surface area contributed by atoms with Crippen LogP contribution < -0.4 is 4.72 Å². The lowest BCUT2D eigenvalue weighted by molar-refractivity contribution is 0.0470. The number of carbonyl (C=O) groups excluding carboxylic acids is 2. The third-order valence-corrected chi connectivity index (χ3v) is 3.84. The molecule has 2 aromatic carbocycles. The van der Waals surface area contributed by atoms with E-state index in [1.165, 1.54) is 30.3 Å². The second kappa shape index (κ2) is 7.62. The number of ether oxygens (including phenoxy) is 1. The molecule has 132 valence electrons. The van der Waals surface area contributed by atoms with Crippen LogP contribution in [0.1, 0.15) is 20.7 Å². The van der Waals surface area contributed by atoms with E-state index >= 15 is 0 Å². The van der Waals surface area contributed by atoms with Crippen molar-refractivity contribution in [2.24, 2.45) is 0 Å². The van der Waals surface area contributed by atoms with Crippen molar-refractivity contribution >= 4 is 39.1 Å². The molecule has 0 aliphatic rings. The molecule has 0 radical (unpaired) electrons. The maximum atomic E-state index is 13.6. The van der Waals surface area contributed by atoms with Crippen LogP contribution >= 0.6 is 11.6 Å². The zero-order valence-corrected chi connectivity index (χ0v) is 14.5. The van der Waals surface area contributed by atoms with Crippen molar-refractivity contribution in [1.29, 1.82) is 0 Å². The van der Waals surface area contributed by atoms with Gasteiger partial charge in [0, 0.05) is 16.3 Å². The molecule has 0 aromatic heterocycles. The maximum absolute atomic E-state index is 13.6. The number of benzene rings is 2. The summed E-state index contributed by atoms with van der Waals surface area (Å²) >= 11 is 5.59. The third kappa shape index (κ3) is 5.54. The van der Waals surface area contributed by atoms with E-state index in [1.54, 1.807) is 0 Å². The Kier molecular flexibility index (Phi) is 5.76. The van der Waals surface area contributed by atoms with E-state index in [-0.39, 0.29) is 16.1 Å². The number of rotatable bonds is 6. The van der Waals surface area contributed by atoms with E-state index < -0.39 is 34.2 Å². The molecule has 0 atom stereocenters. The molecule has 0 heterocycles. The fourth-order valence-corrected chi connectivity index (χ4v) is 2.61. The molecule has 9 heteroatoms. The van der Waals surface area contributed by atoms with Crippen LogP contribution in [0.4, 0.5) is 10.1 Å². The van der Waals surface area contributed by atoms with Gasteiger partial charge in [-0.15, -0.1) is 0 Å². The highest BCUT2D eigenvalue weighted by Crippen LogP contribution is 2.16. The van der Waals surface area contributed by atoms with Gasteiger partial charge in [0.05, 0.1) is 11.8 Å². The summed E-state index contributed by atoms with van der Waals surface area (Å²) in [4.78, 5) is 23.8. The number of anilines is 1. The summed E-state index contributed by atoms with van der Waals surface area (Å²) in [5.41, 5.74) is 0.174. The van der Waals surface area contributed by atoms with Gasteiger partial charge in [-0.05, 0) is 42.5 Å². The molecule has 0 fully saturated rings. The van der Waals surface area contributed by atoms with E-state index in [4.69, 9.17) is 16.3 Å². The second-order valence-corrected chi connectivity index (χ2v) is 7.26. The standard InChI is InChI=1S/C16H13ClFNO5S/c1-25(22,23)19-12-5-2-10(3-6-12)15(20)9-24-16(21)13-7-4-11(17)8-14(13)18/h2-8,19H,9H2,1H3. The van der Waals surface area contributed by atoms with Gasteiger partial charge in [-0.25, -0.2) is 17.6 Å². The second-order valence-electron chi connectivity index (χ2n) is 5.08. The van der Waals surface area contributed by atoms with E-state index in [1.807, 2.05) is 0 Å². The SMILES string of the molecule is CS(=O)(=O)Nc1ccc(C(=O)COC(=O)c2ccc(Cl)cc2F)cc1. The molecular formula is C16H13ClFNO5S. The Bertz CT molecular complexity index is 913. The largest absolute Gasteiger partial charge is 0.454 e. The molecule has 0 spiro atoms.